The third-order valence-electron chi connectivity index (χ3n) is 5.76. The van der Waals surface area contributed by atoms with E-state index in [1.54, 1.807) is 13.2 Å². The Hall–Kier alpha value is -2.27. The summed E-state index contributed by atoms with van der Waals surface area (Å²) in [6, 6.07) is 10.1. The minimum absolute atomic E-state index is 0.593. The molecule has 0 unspecified atom stereocenters. The molecule has 0 spiro atoms. The molecular weight excluding hydrogens is 401 g/mol. The molecule has 3 rings (SSSR count). The molecule has 0 heterocycles. The summed E-state index contributed by atoms with van der Waals surface area (Å²) < 4.78 is 50.6. The predicted octanol–water partition coefficient (Wildman–Crippen LogP) is 7.48. The molecule has 0 saturated carbocycles. The maximum atomic E-state index is 13.2. The van der Waals surface area contributed by atoms with Crippen LogP contribution in [0.3, 0.4) is 0 Å². The smallest absolute Gasteiger partial charge is 0.416 e. The Morgan fingerprint density at radius 3 is 2.42 bits per heavy atom. The number of methoxy groups -OCH3 is 1. The van der Waals surface area contributed by atoms with E-state index in [9.17, 15) is 13.2 Å². The summed E-state index contributed by atoms with van der Waals surface area (Å²) in [6.07, 6.45) is 4.62. The van der Waals surface area contributed by atoms with Gasteiger partial charge in [0.1, 0.15) is 5.75 Å². The molecule has 0 aliphatic heterocycles. The molecule has 0 radical (unpaired) electrons. The summed E-state index contributed by atoms with van der Waals surface area (Å²) in [5, 5.41) is 0. The van der Waals surface area contributed by atoms with Crippen LogP contribution in [0.25, 0.3) is 11.6 Å². The van der Waals surface area contributed by atoms with Gasteiger partial charge in [0.25, 0.3) is 0 Å². The van der Waals surface area contributed by atoms with Crippen molar-refractivity contribution in [2.45, 2.75) is 58.0 Å². The van der Waals surface area contributed by atoms with Crippen molar-refractivity contribution in [2.75, 3.05) is 20.3 Å². The fourth-order valence-corrected chi connectivity index (χ4v) is 4.01. The highest BCUT2D eigenvalue weighted by Gasteiger charge is 2.31. The molecule has 31 heavy (non-hydrogen) atoms. The van der Waals surface area contributed by atoms with Crippen molar-refractivity contribution < 1.29 is 22.6 Å². The van der Waals surface area contributed by atoms with Gasteiger partial charge in [-0.1, -0.05) is 24.6 Å². The lowest BCUT2D eigenvalue weighted by molar-refractivity contribution is -0.137. The van der Waals surface area contributed by atoms with E-state index in [0.717, 1.165) is 80.1 Å². The Balaban J connectivity index is 1.70. The van der Waals surface area contributed by atoms with Crippen LogP contribution in [0.15, 0.2) is 36.4 Å². The number of alkyl halides is 3. The van der Waals surface area contributed by atoms with Gasteiger partial charge in [0.15, 0.2) is 0 Å². The van der Waals surface area contributed by atoms with Crippen molar-refractivity contribution >= 4 is 11.6 Å². The van der Waals surface area contributed by atoms with Crippen LogP contribution >= 0.6 is 0 Å². The quantitative estimate of drug-likeness (QED) is 0.383. The lowest BCUT2D eigenvalue weighted by Crippen LogP contribution is -2.06. The van der Waals surface area contributed by atoms with Gasteiger partial charge < -0.3 is 9.47 Å². The molecule has 0 N–H and O–H groups in total. The monoisotopic (exact) mass is 432 g/mol. The van der Waals surface area contributed by atoms with Crippen molar-refractivity contribution in [1.29, 1.82) is 0 Å². The zero-order valence-corrected chi connectivity index (χ0v) is 18.4. The first-order chi connectivity index (χ1) is 14.9. The third kappa shape index (κ3) is 6.60. The van der Waals surface area contributed by atoms with E-state index in [1.807, 2.05) is 25.1 Å². The highest BCUT2D eigenvalue weighted by atomic mass is 19.4. The van der Waals surface area contributed by atoms with E-state index < -0.39 is 11.7 Å². The van der Waals surface area contributed by atoms with Crippen molar-refractivity contribution in [3.63, 3.8) is 0 Å². The Morgan fingerprint density at radius 2 is 1.68 bits per heavy atom. The van der Waals surface area contributed by atoms with Gasteiger partial charge in [-0.05, 0) is 97.5 Å². The molecule has 0 bridgehead atoms. The van der Waals surface area contributed by atoms with Gasteiger partial charge in [-0.15, -0.1) is 0 Å². The highest BCUT2D eigenvalue weighted by molar-refractivity contribution is 5.84. The summed E-state index contributed by atoms with van der Waals surface area (Å²) in [5.41, 5.74) is 4.19. The van der Waals surface area contributed by atoms with E-state index in [4.69, 9.17) is 9.47 Å². The Morgan fingerprint density at radius 1 is 0.903 bits per heavy atom. The van der Waals surface area contributed by atoms with Crippen LogP contribution in [0.2, 0.25) is 0 Å². The lowest BCUT2D eigenvalue weighted by atomic mass is 9.94. The second kappa shape index (κ2) is 10.9. The van der Waals surface area contributed by atoms with Gasteiger partial charge in [-0.25, -0.2) is 0 Å². The van der Waals surface area contributed by atoms with Crippen molar-refractivity contribution in [1.82, 2.24) is 0 Å². The maximum absolute atomic E-state index is 13.2. The number of ether oxygens (including phenoxy) is 2. The second-order valence-electron chi connectivity index (χ2n) is 8.17. The number of aryl methyl sites for hydroxylation is 2. The van der Waals surface area contributed by atoms with Crippen molar-refractivity contribution in [2.24, 2.45) is 0 Å². The van der Waals surface area contributed by atoms with Crippen LogP contribution in [0.5, 0.6) is 5.75 Å². The second-order valence-corrected chi connectivity index (χ2v) is 8.17. The Kier molecular flexibility index (Phi) is 8.19. The summed E-state index contributed by atoms with van der Waals surface area (Å²) >= 11 is 0. The molecule has 0 fully saturated rings. The normalized spacial score (nSPS) is 14.0. The van der Waals surface area contributed by atoms with E-state index in [2.05, 4.69) is 6.07 Å². The van der Waals surface area contributed by atoms with Crippen molar-refractivity contribution in [3.05, 3.63) is 64.2 Å². The standard InChI is InChI=1S/C26H31F3O2/c1-19-10-12-23(26(27,28)29)18-25(19)22-9-7-8-20-17-24(13-11-21(20)16-22)31-15-6-4-3-5-14-30-2/h10-13,16-18H,3-9,14-15H2,1-2H3. The molecule has 5 heteroatoms. The lowest BCUT2D eigenvalue weighted by Gasteiger charge is -2.14. The van der Waals surface area contributed by atoms with Crippen LogP contribution in [0.1, 0.15) is 66.3 Å². The molecule has 2 aromatic rings. The number of hydrogen-bond acceptors (Lipinski definition) is 2. The largest absolute Gasteiger partial charge is 0.494 e. The molecule has 168 valence electrons. The zero-order chi connectivity index (χ0) is 22.3. The van der Waals surface area contributed by atoms with Gasteiger partial charge in [-0.2, -0.15) is 13.2 Å². The fraction of sp³-hybridized carbons (Fsp3) is 0.462. The van der Waals surface area contributed by atoms with Crippen molar-refractivity contribution in [3.8, 4) is 5.75 Å². The Bertz CT molecular complexity index is 900. The SMILES string of the molecule is COCCCCCCOc1ccc2c(c1)CCCC(c1cc(C(F)(F)F)ccc1C)=C2. The molecule has 0 amide bonds. The molecule has 2 nitrogen and oxygen atoms in total. The molecule has 0 aromatic heterocycles. The molecular formula is C26H31F3O2. The summed E-state index contributed by atoms with van der Waals surface area (Å²) in [6.45, 7) is 3.37. The average molecular weight is 433 g/mol. The van der Waals surface area contributed by atoms with Crippen LogP contribution in [-0.2, 0) is 17.3 Å². The summed E-state index contributed by atoms with van der Waals surface area (Å²) in [7, 11) is 1.72. The molecule has 2 aromatic carbocycles. The number of fused-ring (bicyclic) bond motifs is 1. The van der Waals surface area contributed by atoms with Crippen LogP contribution < -0.4 is 4.74 Å². The molecule has 0 atom stereocenters. The Labute approximate surface area is 183 Å². The maximum Gasteiger partial charge on any atom is 0.416 e. The van der Waals surface area contributed by atoms with Gasteiger partial charge >= 0.3 is 6.18 Å². The number of allylic oxidation sites excluding steroid dienone is 1. The zero-order valence-electron chi connectivity index (χ0n) is 18.4. The van der Waals surface area contributed by atoms with E-state index in [-0.39, 0.29) is 0 Å². The fourth-order valence-electron chi connectivity index (χ4n) is 4.01. The number of benzene rings is 2. The topological polar surface area (TPSA) is 18.5 Å². The minimum atomic E-state index is -4.33. The van der Waals surface area contributed by atoms with Gasteiger partial charge in [0.2, 0.25) is 0 Å². The van der Waals surface area contributed by atoms with Crippen LogP contribution in [0.4, 0.5) is 13.2 Å². The number of halogens is 3. The van der Waals surface area contributed by atoms with Crippen LogP contribution in [0, 0.1) is 6.92 Å². The molecule has 1 aliphatic rings. The molecule has 1 aliphatic carbocycles. The van der Waals surface area contributed by atoms with Gasteiger partial charge in [-0.3, -0.25) is 0 Å². The minimum Gasteiger partial charge on any atom is -0.494 e. The van der Waals surface area contributed by atoms with E-state index in [0.29, 0.717) is 12.2 Å². The third-order valence-corrected chi connectivity index (χ3v) is 5.76. The first-order valence-electron chi connectivity index (χ1n) is 11.0. The van der Waals surface area contributed by atoms with Gasteiger partial charge in [0.05, 0.1) is 12.2 Å². The van der Waals surface area contributed by atoms with E-state index in [1.165, 1.54) is 11.6 Å². The number of hydrogen-bond donors (Lipinski definition) is 0. The first kappa shape index (κ1) is 23.4. The average Bonchev–Trinajstić information content (AvgIpc) is 2.94. The van der Waals surface area contributed by atoms with E-state index >= 15 is 0 Å². The predicted molar refractivity (Wildman–Crippen MR) is 119 cm³/mol. The van der Waals surface area contributed by atoms with Crippen LogP contribution in [-0.4, -0.2) is 20.3 Å². The summed E-state index contributed by atoms with van der Waals surface area (Å²) in [5.74, 6) is 0.864. The number of unbranched alkanes of at least 4 members (excludes halogenated alkanes) is 3. The number of rotatable bonds is 9. The first-order valence-corrected chi connectivity index (χ1v) is 11.0. The highest BCUT2D eigenvalue weighted by Crippen LogP contribution is 2.36. The summed E-state index contributed by atoms with van der Waals surface area (Å²) in [4.78, 5) is 0. The molecule has 0 saturated heterocycles. The van der Waals surface area contributed by atoms with Gasteiger partial charge in [0, 0.05) is 13.7 Å².